The van der Waals surface area contributed by atoms with Gasteiger partial charge < -0.3 is 4.90 Å². The van der Waals surface area contributed by atoms with E-state index < -0.39 is 39.2 Å². The van der Waals surface area contributed by atoms with Crippen molar-refractivity contribution in [3.05, 3.63) is 45.6 Å². The number of carbonyl (C=O) groups excluding carboxylic acids is 2. The molecule has 0 aliphatic carbocycles. The maximum Gasteiger partial charge on any atom is 0.433 e. The third-order valence-corrected chi connectivity index (χ3v) is 7.85. The zero-order chi connectivity index (χ0) is 22.5. The molecule has 1 aliphatic heterocycles. The van der Waals surface area contributed by atoms with Gasteiger partial charge >= 0.3 is 6.18 Å². The largest absolute Gasteiger partial charge is 0.433 e. The Balaban J connectivity index is 1.81. The van der Waals surface area contributed by atoms with Gasteiger partial charge in [0.2, 0.25) is 0 Å². The van der Waals surface area contributed by atoms with E-state index in [-0.39, 0.29) is 32.8 Å². The average molecular weight is 482 g/mol. The van der Waals surface area contributed by atoms with Crippen LogP contribution < -0.4 is 4.72 Å². The third kappa shape index (κ3) is 4.03. The lowest BCUT2D eigenvalue weighted by molar-refractivity contribution is -0.141. The summed E-state index contributed by atoms with van der Waals surface area (Å²) in [5, 5.41) is 0. The van der Waals surface area contributed by atoms with Gasteiger partial charge in [-0.15, -0.1) is 11.3 Å². The van der Waals surface area contributed by atoms with E-state index in [4.69, 9.17) is 11.6 Å². The highest BCUT2D eigenvalue weighted by atomic mass is 35.5. The van der Waals surface area contributed by atoms with Crippen LogP contribution in [0.3, 0.4) is 0 Å². The number of rotatable bonds is 4. The Morgan fingerprint density at radius 3 is 2.40 bits per heavy atom. The second-order valence-electron chi connectivity index (χ2n) is 6.80. The monoisotopic (exact) mass is 481 g/mol. The highest BCUT2D eigenvalue weighted by Crippen LogP contribution is 2.34. The Bertz CT molecular complexity index is 1130. The van der Waals surface area contributed by atoms with Crippen molar-refractivity contribution in [2.24, 2.45) is 0 Å². The number of hydrogen-bond donors (Lipinski definition) is 1. The Morgan fingerprint density at radius 2 is 1.93 bits per heavy atom. The van der Waals surface area contributed by atoms with Crippen molar-refractivity contribution in [3.8, 4) is 0 Å². The molecule has 1 unspecified atom stereocenters. The van der Waals surface area contributed by atoms with Crippen LogP contribution in [0, 0.1) is 6.92 Å². The van der Waals surface area contributed by atoms with Gasteiger partial charge in [-0.2, -0.15) is 13.2 Å². The fourth-order valence-corrected chi connectivity index (χ4v) is 5.49. The molecule has 3 heterocycles. The van der Waals surface area contributed by atoms with Crippen LogP contribution in [-0.2, 0) is 21.0 Å². The second-order valence-corrected chi connectivity index (χ2v) is 10.4. The first-order valence-corrected chi connectivity index (χ1v) is 11.1. The fraction of sp³-hybridized carbons (Fsp3) is 0.353. The summed E-state index contributed by atoms with van der Waals surface area (Å²) in [7, 11) is -4.18. The van der Waals surface area contributed by atoms with E-state index in [1.807, 2.05) is 4.72 Å². The molecule has 2 amide bonds. The molecule has 1 aliphatic rings. The molecule has 30 heavy (non-hydrogen) atoms. The molecule has 3 rings (SSSR count). The van der Waals surface area contributed by atoms with E-state index in [1.165, 1.54) is 26.0 Å². The van der Waals surface area contributed by atoms with E-state index in [1.54, 1.807) is 0 Å². The van der Waals surface area contributed by atoms with Gasteiger partial charge in [-0.1, -0.05) is 11.6 Å². The van der Waals surface area contributed by atoms with Crippen LogP contribution in [-0.4, -0.2) is 42.2 Å². The number of thiophene rings is 1. The molecule has 13 heteroatoms. The molecule has 7 nitrogen and oxygen atoms in total. The van der Waals surface area contributed by atoms with Crippen LogP contribution in [0.4, 0.5) is 13.2 Å². The normalized spacial score (nSPS) is 19.3. The fourth-order valence-electron chi connectivity index (χ4n) is 2.94. The zero-order valence-electron chi connectivity index (χ0n) is 15.6. The van der Waals surface area contributed by atoms with Crippen molar-refractivity contribution in [1.29, 1.82) is 0 Å². The molecule has 1 N–H and O–H groups in total. The van der Waals surface area contributed by atoms with Crippen molar-refractivity contribution in [2.45, 2.75) is 36.2 Å². The molecule has 0 spiro atoms. The van der Waals surface area contributed by atoms with Gasteiger partial charge in [-0.05, 0) is 44.5 Å². The van der Waals surface area contributed by atoms with E-state index >= 15 is 0 Å². The predicted octanol–water partition coefficient (Wildman–Crippen LogP) is 3.23. The molecular weight excluding hydrogens is 467 g/mol. The van der Waals surface area contributed by atoms with Gasteiger partial charge in [-0.3, -0.25) is 9.59 Å². The lowest BCUT2D eigenvalue weighted by Gasteiger charge is -2.48. The molecule has 0 radical (unpaired) electrons. The highest BCUT2D eigenvalue weighted by molar-refractivity contribution is 7.92. The van der Waals surface area contributed by atoms with Gasteiger partial charge in [0, 0.05) is 6.54 Å². The quantitative estimate of drug-likeness (QED) is 0.723. The number of halogens is 4. The number of hydrogen-bond acceptors (Lipinski definition) is 6. The van der Waals surface area contributed by atoms with Gasteiger partial charge in [-0.25, -0.2) is 18.1 Å². The van der Waals surface area contributed by atoms with Gasteiger partial charge in [0.25, 0.3) is 21.8 Å². The number of amides is 2. The van der Waals surface area contributed by atoms with Crippen LogP contribution in [0.2, 0.25) is 4.34 Å². The van der Waals surface area contributed by atoms with Crippen molar-refractivity contribution in [1.82, 2.24) is 14.6 Å². The Kier molecular flexibility index (Phi) is 5.63. The summed E-state index contributed by atoms with van der Waals surface area (Å²) in [6.45, 7) is 2.77. The van der Waals surface area contributed by atoms with E-state index in [2.05, 4.69) is 4.98 Å². The van der Waals surface area contributed by atoms with Crippen molar-refractivity contribution in [2.75, 3.05) is 6.54 Å². The van der Waals surface area contributed by atoms with E-state index in [0.717, 1.165) is 22.3 Å². The topological polar surface area (TPSA) is 96.4 Å². The van der Waals surface area contributed by atoms with Crippen LogP contribution in [0.15, 0.2) is 28.5 Å². The lowest BCUT2D eigenvalue weighted by atomic mass is 9.85. The summed E-state index contributed by atoms with van der Waals surface area (Å²) < 4.78 is 65.1. The van der Waals surface area contributed by atoms with E-state index in [0.29, 0.717) is 6.07 Å². The first-order valence-electron chi connectivity index (χ1n) is 8.45. The Morgan fingerprint density at radius 1 is 1.27 bits per heavy atom. The van der Waals surface area contributed by atoms with Gasteiger partial charge in [0.15, 0.2) is 0 Å². The number of nitrogens with one attached hydrogen (secondary N) is 1. The van der Waals surface area contributed by atoms with Crippen LogP contribution in [0.5, 0.6) is 0 Å². The molecular formula is C17H15ClF3N3O4S2. The molecule has 2 aromatic rings. The summed E-state index contributed by atoms with van der Waals surface area (Å²) in [6.07, 6.45) is -4.48. The number of aromatic nitrogens is 1. The second kappa shape index (κ2) is 7.50. The van der Waals surface area contributed by atoms with Crippen LogP contribution in [0.25, 0.3) is 0 Å². The first-order chi connectivity index (χ1) is 13.8. The first kappa shape index (κ1) is 22.5. The van der Waals surface area contributed by atoms with Crippen LogP contribution in [0.1, 0.15) is 35.1 Å². The van der Waals surface area contributed by atoms with Crippen molar-refractivity contribution < 1.29 is 31.2 Å². The highest BCUT2D eigenvalue weighted by Gasteiger charge is 2.51. The summed E-state index contributed by atoms with van der Waals surface area (Å²) in [5.41, 5.74) is -2.87. The minimum absolute atomic E-state index is 0.102. The molecule has 2 aromatic heterocycles. The maximum atomic E-state index is 12.8. The van der Waals surface area contributed by atoms with Gasteiger partial charge in [0.05, 0.1) is 15.6 Å². The van der Waals surface area contributed by atoms with Crippen LogP contribution >= 0.6 is 22.9 Å². The minimum Gasteiger partial charge on any atom is -0.324 e. The number of aryl methyl sites for hydroxylation is 1. The molecule has 162 valence electrons. The van der Waals surface area contributed by atoms with Gasteiger partial charge in [0.1, 0.15) is 15.4 Å². The lowest BCUT2D eigenvalue weighted by Crippen LogP contribution is -2.67. The third-order valence-electron chi connectivity index (χ3n) is 4.80. The van der Waals surface area contributed by atoms with E-state index in [9.17, 15) is 31.2 Å². The number of likely N-dealkylation sites (tertiary alicyclic amines) is 1. The summed E-state index contributed by atoms with van der Waals surface area (Å²) in [6, 6.07) is 4.29. The summed E-state index contributed by atoms with van der Waals surface area (Å²) in [4.78, 5) is 30.0. The SMILES string of the molecule is Cc1nc(C(F)(F)F)ccc1C(=O)N1CCC1(C)C(=O)NS(=O)(=O)c1ccc(Cl)s1. The molecule has 0 bridgehead atoms. The van der Waals surface area contributed by atoms with Crippen molar-refractivity contribution >= 4 is 44.8 Å². The predicted molar refractivity (Wildman–Crippen MR) is 103 cm³/mol. The average Bonchev–Trinajstić information content (AvgIpc) is 3.06. The minimum atomic E-state index is -4.66. The number of carbonyl (C=O) groups is 2. The number of nitrogens with zero attached hydrogens (tertiary/aromatic N) is 2. The number of sulfonamides is 1. The zero-order valence-corrected chi connectivity index (χ0v) is 18.0. The van der Waals surface area contributed by atoms with Crippen molar-refractivity contribution in [3.63, 3.8) is 0 Å². The molecule has 0 saturated carbocycles. The number of alkyl halides is 3. The summed E-state index contributed by atoms with van der Waals surface area (Å²) >= 11 is 6.49. The summed E-state index contributed by atoms with van der Waals surface area (Å²) in [5.74, 6) is -1.64. The maximum absolute atomic E-state index is 12.8. The molecule has 0 aromatic carbocycles. The Hall–Kier alpha value is -2.18. The molecule has 1 fully saturated rings. The smallest absolute Gasteiger partial charge is 0.324 e. The standard InChI is InChI=1S/C17H15ClF3N3O4S2/c1-9-10(3-4-11(22-9)17(19,20)21)14(25)24-8-7-16(24,2)15(26)23-30(27,28)13-6-5-12(18)29-13/h3-6H,7-8H2,1-2H3,(H,23,26). The molecule has 1 saturated heterocycles. The molecule has 1 atom stereocenters. The Labute approximate surface area is 178 Å². The number of pyridine rings is 1.